The third kappa shape index (κ3) is 1.97. The molecule has 0 aliphatic carbocycles. The van der Waals surface area contributed by atoms with Crippen molar-refractivity contribution in [3.63, 3.8) is 0 Å². The molecule has 0 radical (unpaired) electrons. The van der Waals surface area contributed by atoms with E-state index in [-0.39, 0.29) is 0 Å². The van der Waals surface area contributed by atoms with Gasteiger partial charge in [0.1, 0.15) is 0 Å². The van der Waals surface area contributed by atoms with Crippen LogP contribution in [0.3, 0.4) is 0 Å². The molecule has 0 unspecified atom stereocenters. The molecule has 1 saturated heterocycles. The highest BCUT2D eigenvalue weighted by Gasteiger charge is 2.17. The minimum atomic E-state index is 0.776. The number of rotatable bonds is 1. The maximum absolute atomic E-state index is 4.25. The lowest BCUT2D eigenvalue weighted by molar-refractivity contribution is 0.442. The Labute approximate surface area is 78.8 Å². The van der Waals surface area contributed by atoms with Gasteiger partial charge in [-0.2, -0.15) is 0 Å². The van der Waals surface area contributed by atoms with E-state index in [9.17, 15) is 0 Å². The van der Waals surface area contributed by atoms with Crippen molar-refractivity contribution < 1.29 is 0 Å². The number of hydrogen-bond acceptors (Lipinski definition) is 3. The summed E-state index contributed by atoms with van der Waals surface area (Å²) in [5, 5.41) is 0. The van der Waals surface area contributed by atoms with Crippen LogP contribution in [-0.2, 0) is 0 Å². The van der Waals surface area contributed by atoms with Gasteiger partial charge >= 0.3 is 0 Å². The topological polar surface area (TPSA) is 29.0 Å². The van der Waals surface area contributed by atoms with Crippen molar-refractivity contribution in [2.75, 3.05) is 18.0 Å². The van der Waals surface area contributed by atoms with Crippen molar-refractivity contribution in [3.8, 4) is 0 Å². The third-order valence-electron chi connectivity index (χ3n) is 2.49. The average Bonchev–Trinajstić information content (AvgIpc) is 2.19. The van der Waals surface area contributed by atoms with Crippen LogP contribution < -0.4 is 4.90 Å². The molecule has 2 rings (SSSR count). The lowest BCUT2D eigenvalue weighted by Gasteiger charge is -2.30. The summed E-state index contributed by atoms with van der Waals surface area (Å²) in [5.74, 6) is 1.66. The zero-order chi connectivity index (χ0) is 9.10. The first-order chi connectivity index (χ1) is 6.36. The maximum atomic E-state index is 4.25. The van der Waals surface area contributed by atoms with Gasteiger partial charge in [-0.3, -0.25) is 0 Å². The smallest absolute Gasteiger partial charge is 0.225 e. The molecule has 0 bridgehead atoms. The van der Waals surface area contributed by atoms with Crippen molar-refractivity contribution in [2.24, 2.45) is 5.92 Å². The van der Waals surface area contributed by atoms with Gasteiger partial charge in [0.05, 0.1) is 0 Å². The summed E-state index contributed by atoms with van der Waals surface area (Å²) in [6, 6.07) is 1.86. The second-order valence-electron chi connectivity index (χ2n) is 3.74. The quantitative estimate of drug-likeness (QED) is 0.654. The second-order valence-corrected chi connectivity index (χ2v) is 3.74. The van der Waals surface area contributed by atoms with Crippen molar-refractivity contribution >= 4 is 5.95 Å². The standard InChI is InChI=1S/C10H15N3/c1-9-4-2-7-13(8-9)10-11-5-3-6-12-10/h3,5-6,9H,2,4,7-8H2,1H3/t9-/m1/s1. The Hall–Kier alpha value is -1.12. The lowest BCUT2D eigenvalue weighted by atomic mass is 10.0. The summed E-state index contributed by atoms with van der Waals surface area (Å²) in [4.78, 5) is 10.8. The van der Waals surface area contributed by atoms with Crippen molar-refractivity contribution in [1.82, 2.24) is 9.97 Å². The van der Waals surface area contributed by atoms with Gasteiger partial charge < -0.3 is 4.90 Å². The summed E-state index contributed by atoms with van der Waals surface area (Å²) in [5.41, 5.74) is 0. The first kappa shape index (κ1) is 8.48. The predicted molar refractivity (Wildman–Crippen MR) is 52.6 cm³/mol. The van der Waals surface area contributed by atoms with Crippen LogP contribution >= 0.6 is 0 Å². The molecule has 1 atom stereocenters. The highest BCUT2D eigenvalue weighted by Crippen LogP contribution is 2.18. The fourth-order valence-electron chi connectivity index (χ4n) is 1.83. The molecule has 70 valence electrons. The molecule has 1 aromatic heterocycles. The monoisotopic (exact) mass is 177 g/mol. The Balaban J connectivity index is 2.08. The highest BCUT2D eigenvalue weighted by molar-refractivity contribution is 5.28. The van der Waals surface area contributed by atoms with Gasteiger partial charge in [-0.05, 0) is 24.8 Å². The normalized spacial score (nSPS) is 23.2. The molecular weight excluding hydrogens is 162 g/mol. The average molecular weight is 177 g/mol. The van der Waals surface area contributed by atoms with E-state index in [1.165, 1.54) is 12.8 Å². The summed E-state index contributed by atoms with van der Waals surface area (Å²) in [7, 11) is 0. The molecule has 1 aliphatic heterocycles. The van der Waals surface area contributed by atoms with E-state index in [0.717, 1.165) is 25.0 Å². The Kier molecular flexibility index (Phi) is 2.43. The van der Waals surface area contributed by atoms with Crippen molar-refractivity contribution in [2.45, 2.75) is 19.8 Å². The number of anilines is 1. The number of hydrogen-bond donors (Lipinski definition) is 0. The van der Waals surface area contributed by atoms with Crippen LogP contribution in [0.15, 0.2) is 18.5 Å². The van der Waals surface area contributed by atoms with Crippen LogP contribution in [0.25, 0.3) is 0 Å². The molecule has 0 saturated carbocycles. The van der Waals surface area contributed by atoms with Crippen molar-refractivity contribution in [1.29, 1.82) is 0 Å². The first-order valence-electron chi connectivity index (χ1n) is 4.88. The van der Waals surface area contributed by atoms with Gasteiger partial charge in [0, 0.05) is 25.5 Å². The van der Waals surface area contributed by atoms with Gasteiger partial charge in [-0.15, -0.1) is 0 Å². The molecule has 2 heterocycles. The number of piperidine rings is 1. The Morgan fingerprint density at radius 3 is 2.85 bits per heavy atom. The summed E-state index contributed by atoms with van der Waals surface area (Å²) in [6.45, 7) is 4.49. The van der Waals surface area contributed by atoms with E-state index >= 15 is 0 Å². The van der Waals surface area contributed by atoms with Gasteiger partial charge in [0.2, 0.25) is 5.95 Å². The molecule has 0 aromatic carbocycles. The van der Waals surface area contributed by atoms with Gasteiger partial charge in [-0.1, -0.05) is 6.92 Å². The van der Waals surface area contributed by atoms with E-state index in [1.807, 2.05) is 18.5 Å². The Morgan fingerprint density at radius 2 is 2.15 bits per heavy atom. The van der Waals surface area contributed by atoms with E-state index in [0.29, 0.717) is 0 Å². The van der Waals surface area contributed by atoms with Crippen LogP contribution in [0.5, 0.6) is 0 Å². The van der Waals surface area contributed by atoms with Crippen LogP contribution in [0, 0.1) is 5.92 Å². The van der Waals surface area contributed by atoms with E-state index < -0.39 is 0 Å². The van der Waals surface area contributed by atoms with E-state index in [2.05, 4.69) is 21.8 Å². The first-order valence-corrected chi connectivity index (χ1v) is 4.88. The maximum Gasteiger partial charge on any atom is 0.225 e. The van der Waals surface area contributed by atoms with E-state index in [1.54, 1.807) is 0 Å². The summed E-state index contributed by atoms with van der Waals surface area (Å²) in [6.07, 6.45) is 6.21. The lowest BCUT2D eigenvalue weighted by Crippen LogP contribution is -2.35. The molecule has 1 fully saturated rings. The summed E-state index contributed by atoms with van der Waals surface area (Å²) >= 11 is 0. The third-order valence-corrected chi connectivity index (χ3v) is 2.49. The number of nitrogens with zero attached hydrogens (tertiary/aromatic N) is 3. The molecule has 0 N–H and O–H groups in total. The molecule has 1 aliphatic rings. The van der Waals surface area contributed by atoms with Crippen LogP contribution in [-0.4, -0.2) is 23.1 Å². The Bertz CT molecular complexity index is 260. The highest BCUT2D eigenvalue weighted by atomic mass is 15.2. The van der Waals surface area contributed by atoms with E-state index in [4.69, 9.17) is 0 Å². The predicted octanol–water partition coefficient (Wildman–Crippen LogP) is 1.71. The molecular formula is C10H15N3. The molecule has 13 heavy (non-hydrogen) atoms. The number of aromatic nitrogens is 2. The molecule has 1 aromatic rings. The van der Waals surface area contributed by atoms with Crippen LogP contribution in [0.2, 0.25) is 0 Å². The molecule has 3 nitrogen and oxygen atoms in total. The van der Waals surface area contributed by atoms with Crippen LogP contribution in [0.4, 0.5) is 5.95 Å². The fourth-order valence-corrected chi connectivity index (χ4v) is 1.83. The van der Waals surface area contributed by atoms with Gasteiger partial charge in [-0.25, -0.2) is 9.97 Å². The molecule has 0 spiro atoms. The van der Waals surface area contributed by atoms with Crippen molar-refractivity contribution in [3.05, 3.63) is 18.5 Å². The minimum Gasteiger partial charge on any atom is -0.341 e. The largest absolute Gasteiger partial charge is 0.341 e. The van der Waals surface area contributed by atoms with Crippen LogP contribution in [0.1, 0.15) is 19.8 Å². The summed E-state index contributed by atoms with van der Waals surface area (Å²) < 4.78 is 0. The molecule has 3 heteroatoms. The molecule has 0 amide bonds. The zero-order valence-electron chi connectivity index (χ0n) is 7.98. The van der Waals surface area contributed by atoms with Gasteiger partial charge in [0.25, 0.3) is 0 Å². The SMILES string of the molecule is C[C@@H]1CCCN(c2ncccn2)C1. The zero-order valence-corrected chi connectivity index (χ0v) is 7.98. The fraction of sp³-hybridized carbons (Fsp3) is 0.600. The Morgan fingerprint density at radius 1 is 1.38 bits per heavy atom. The second kappa shape index (κ2) is 3.73. The minimum absolute atomic E-state index is 0.776. The van der Waals surface area contributed by atoms with Gasteiger partial charge in [0.15, 0.2) is 0 Å².